The molecule has 0 spiro atoms. The number of likely N-dealkylation sites (tertiary alicyclic amines) is 1. The number of nitrogens with zero attached hydrogens (tertiary/aromatic N) is 1. The van der Waals surface area contributed by atoms with Crippen molar-refractivity contribution in [1.29, 1.82) is 0 Å². The Bertz CT molecular complexity index is 966. The first-order chi connectivity index (χ1) is 14.1. The largest absolute Gasteiger partial charge is 0.456 e. The lowest BCUT2D eigenvalue weighted by molar-refractivity contribution is -0.150. The minimum absolute atomic E-state index is 0.284. The molecule has 1 heterocycles. The number of fused-ring (bicyclic) bond motifs is 1. The van der Waals surface area contributed by atoms with Crippen LogP contribution in [0.15, 0.2) is 40.9 Å². The summed E-state index contributed by atoms with van der Waals surface area (Å²) in [4.78, 5) is 39.1. The van der Waals surface area contributed by atoms with Crippen molar-refractivity contribution in [1.82, 2.24) is 4.90 Å². The van der Waals surface area contributed by atoms with Crippen LogP contribution in [0.5, 0.6) is 0 Å². The second kappa shape index (κ2) is 9.16. The van der Waals surface area contributed by atoms with Gasteiger partial charge in [0.05, 0.1) is 0 Å². The Hall–Kier alpha value is -2.41. The molecule has 160 valence electrons. The minimum Gasteiger partial charge on any atom is -0.456 e. The summed E-state index contributed by atoms with van der Waals surface area (Å²) in [6.45, 7) is 5.41. The fraction of sp³-hybridized carbons (Fsp3) is 0.435. The number of halogens is 1. The zero-order chi connectivity index (χ0) is 21.9. The second-order valence-corrected chi connectivity index (χ2v) is 9.34. The van der Waals surface area contributed by atoms with Gasteiger partial charge in [0.15, 0.2) is 12.4 Å². The molecular weight excluding hydrogens is 450 g/mol. The van der Waals surface area contributed by atoms with E-state index in [0.717, 1.165) is 28.1 Å². The van der Waals surface area contributed by atoms with Crippen molar-refractivity contribution >= 4 is 44.5 Å². The molecule has 1 atom stereocenters. The van der Waals surface area contributed by atoms with E-state index in [2.05, 4.69) is 15.9 Å². The van der Waals surface area contributed by atoms with E-state index < -0.39 is 23.7 Å². The average molecular weight is 476 g/mol. The van der Waals surface area contributed by atoms with Crippen LogP contribution in [0, 0.1) is 0 Å². The first-order valence-corrected chi connectivity index (χ1v) is 10.8. The number of carbonyl (C=O) groups is 3. The van der Waals surface area contributed by atoms with Crippen molar-refractivity contribution in [3.63, 3.8) is 0 Å². The number of hydrogen-bond acceptors (Lipinski definition) is 5. The number of rotatable bonds is 4. The van der Waals surface area contributed by atoms with Gasteiger partial charge in [0.1, 0.15) is 11.6 Å². The van der Waals surface area contributed by atoms with Gasteiger partial charge in [0.25, 0.3) is 0 Å². The fourth-order valence-electron chi connectivity index (χ4n) is 3.42. The number of esters is 1. The lowest BCUT2D eigenvalue weighted by Gasteiger charge is -2.35. The smallest absolute Gasteiger partial charge is 0.411 e. The molecule has 1 aliphatic heterocycles. The number of piperidine rings is 1. The monoisotopic (exact) mass is 475 g/mol. The highest BCUT2D eigenvalue weighted by Crippen LogP contribution is 2.23. The SMILES string of the molecule is CC(C)(C)OC(=O)N1CCCC[C@H]1C(=O)OCC(=O)c1ccc2cc(Br)ccc2c1. The van der Waals surface area contributed by atoms with Crippen LogP contribution in [0.1, 0.15) is 50.4 Å². The highest BCUT2D eigenvalue weighted by atomic mass is 79.9. The molecule has 7 heteroatoms. The molecule has 0 saturated carbocycles. The standard InChI is InChI=1S/C23H26BrNO5/c1-23(2,3)30-22(28)25-11-5-4-6-19(25)21(27)29-14-20(26)17-8-7-16-13-18(24)10-9-15(16)12-17/h7-10,12-13,19H,4-6,11,14H2,1-3H3/t19-/m0/s1. The van der Waals surface area contributed by atoms with Crippen LogP contribution in [-0.4, -0.2) is 47.5 Å². The molecule has 3 rings (SSSR count). The Morgan fingerprint density at radius 2 is 1.77 bits per heavy atom. The maximum Gasteiger partial charge on any atom is 0.411 e. The molecular formula is C23H26BrNO5. The maximum absolute atomic E-state index is 12.6. The molecule has 30 heavy (non-hydrogen) atoms. The van der Waals surface area contributed by atoms with Gasteiger partial charge in [0.2, 0.25) is 0 Å². The molecule has 0 N–H and O–H groups in total. The van der Waals surface area contributed by atoms with Crippen LogP contribution in [0.3, 0.4) is 0 Å². The van der Waals surface area contributed by atoms with Crippen molar-refractivity contribution < 1.29 is 23.9 Å². The minimum atomic E-state index is -0.727. The first-order valence-electron chi connectivity index (χ1n) is 10.0. The van der Waals surface area contributed by atoms with Gasteiger partial charge < -0.3 is 9.47 Å². The van der Waals surface area contributed by atoms with Gasteiger partial charge in [0, 0.05) is 16.6 Å². The lowest BCUT2D eigenvalue weighted by Crippen LogP contribution is -2.50. The fourth-order valence-corrected chi connectivity index (χ4v) is 3.80. The van der Waals surface area contributed by atoms with Gasteiger partial charge in [-0.05, 0) is 69.0 Å². The molecule has 1 fully saturated rings. The molecule has 6 nitrogen and oxygen atoms in total. The van der Waals surface area contributed by atoms with Crippen LogP contribution < -0.4 is 0 Å². The van der Waals surface area contributed by atoms with Crippen molar-refractivity contribution in [3.05, 3.63) is 46.4 Å². The molecule has 2 aromatic carbocycles. The molecule has 0 aliphatic carbocycles. The number of amides is 1. The normalized spacial score (nSPS) is 16.9. The first kappa shape index (κ1) is 22.3. The van der Waals surface area contributed by atoms with Crippen LogP contribution in [0.2, 0.25) is 0 Å². The van der Waals surface area contributed by atoms with Crippen LogP contribution in [0.25, 0.3) is 10.8 Å². The van der Waals surface area contributed by atoms with E-state index in [1.165, 1.54) is 4.90 Å². The van der Waals surface area contributed by atoms with E-state index in [-0.39, 0.29) is 12.4 Å². The van der Waals surface area contributed by atoms with E-state index >= 15 is 0 Å². The molecule has 0 unspecified atom stereocenters. The zero-order valence-corrected chi connectivity index (χ0v) is 19.0. The van der Waals surface area contributed by atoms with E-state index in [1.54, 1.807) is 32.9 Å². The third kappa shape index (κ3) is 5.59. The molecule has 0 radical (unpaired) electrons. The highest BCUT2D eigenvalue weighted by Gasteiger charge is 2.36. The molecule has 1 aliphatic rings. The van der Waals surface area contributed by atoms with Gasteiger partial charge >= 0.3 is 12.1 Å². The van der Waals surface area contributed by atoms with Crippen LogP contribution in [-0.2, 0) is 14.3 Å². The van der Waals surface area contributed by atoms with Gasteiger partial charge in [-0.1, -0.05) is 34.1 Å². The van der Waals surface area contributed by atoms with Gasteiger partial charge in [-0.25, -0.2) is 9.59 Å². The molecule has 2 aromatic rings. The van der Waals surface area contributed by atoms with Crippen molar-refractivity contribution in [2.75, 3.05) is 13.2 Å². The number of carbonyl (C=O) groups excluding carboxylic acids is 3. The predicted octanol–water partition coefficient (Wildman–Crippen LogP) is 5.12. The summed E-state index contributed by atoms with van der Waals surface area (Å²) >= 11 is 3.43. The van der Waals surface area contributed by atoms with Crippen molar-refractivity contribution in [2.45, 2.75) is 51.7 Å². The second-order valence-electron chi connectivity index (χ2n) is 8.42. The average Bonchev–Trinajstić information content (AvgIpc) is 2.70. The van der Waals surface area contributed by atoms with Crippen molar-refractivity contribution in [2.24, 2.45) is 0 Å². The third-order valence-electron chi connectivity index (χ3n) is 4.87. The summed E-state index contributed by atoms with van der Waals surface area (Å²) in [5, 5.41) is 1.94. The molecule has 0 aromatic heterocycles. The molecule has 0 bridgehead atoms. The van der Waals surface area contributed by atoms with Crippen LogP contribution in [0.4, 0.5) is 4.79 Å². The van der Waals surface area contributed by atoms with E-state index in [4.69, 9.17) is 9.47 Å². The zero-order valence-electron chi connectivity index (χ0n) is 17.4. The van der Waals surface area contributed by atoms with E-state index in [0.29, 0.717) is 18.5 Å². The number of hydrogen-bond donors (Lipinski definition) is 0. The predicted molar refractivity (Wildman–Crippen MR) is 118 cm³/mol. The summed E-state index contributed by atoms with van der Waals surface area (Å²) in [5.41, 5.74) is -0.171. The Kier molecular flexibility index (Phi) is 6.81. The molecule has 1 amide bonds. The number of ketones is 1. The Labute approximate surface area is 184 Å². The summed E-state index contributed by atoms with van der Waals surface area (Å²) in [5.74, 6) is -0.855. The summed E-state index contributed by atoms with van der Waals surface area (Å²) < 4.78 is 11.7. The van der Waals surface area contributed by atoms with Crippen LogP contribution >= 0.6 is 15.9 Å². The van der Waals surface area contributed by atoms with E-state index in [1.807, 2.05) is 24.3 Å². The number of benzene rings is 2. The van der Waals surface area contributed by atoms with Gasteiger partial charge in [-0.15, -0.1) is 0 Å². The summed E-state index contributed by atoms with van der Waals surface area (Å²) in [7, 11) is 0. The quantitative estimate of drug-likeness (QED) is 0.453. The topological polar surface area (TPSA) is 72.9 Å². The summed E-state index contributed by atoms with van der Waals surface area (Å²) in [6.07, 6.45) is 1.58. The number of ether oxygens (including phenoxy) is 2. The number of Topliss-reactive ketones (excluding diaryl/α,β-unsaturated/α-hetero) is 1. The van der Waals surface area contributed by atoms with Crippen molar-refractivity contribution in [3.8, 4) is 0 Å². The molecule has 1 saturated heterocycles. The lowest BCUT2D eigenvalue weighted by atomic mass is 10.0. The maximum atomic E-state index is 12.6. The Morgan fingerprint density at radius 1 is 1.07 bits per heavy atom. The van der Waals surface area contributed by atoms with E-state index in [9.17, 15) is 14.4 Å². The van der Waals surface area contributed by atoms with Gasteiger partial charge in [-0.3, -0.25) is 9.69 Å². The van der Waals surface area contributed by atoms with Gasteiger partial charge in [-0.2, -0.15) is 0 Å². The summed E-state index contributed by atoms with van der Waals surface area (Å²) in [6, 6.07) is 10.4. The Balaban J connectivity index is 1.64. The highest BCUT2D eigenvalue weighted by molar-refractivity contribution is 9.10. The third-order valence-corrected chi connectivity index (χ3v) is 5.37. The Morgan fingerprint density at radius 3 is 2.50 bits per heavy atom.